The van der Waals surface area contributed by atoms with Crippen LogP contribution in [0.15, 0.2) is 11.6 Å². The smallest absolute Gasteiger partial charge is 0.333 e. The molecule has 0 saturated carbocycles. The molecule has 0 bridgehead atoms. The number of unbranched alkanes of at least 4 members (excludes halogenated alkanes) is 1. The number of hydrogen-bond donors (Lipinski definition) is 0. The first-order chi connectivity index (χ1) is 6.87. The van der Waals surface area contributed by atoms with Gasteiger partial charge in [0.15, 0.2) is 0 Å². The van der Waals surface area contributed by atoms with Crippen LogP contribution >= 0.6 is 0 Å². The summed E-state index contributed by atoms with van der Waals surface area (Å²) in [6, 6.07) is 0. The molecule has 0 fully saturated rings. The Labute approximate surface area is 93.7 Å². The molecule has 0 aliphatic rings. The van der Waals surface area contributed by atoms with Crippen molar-refractivity contribution in [2.24, 2.45) is 5.41 Å². The summed E-state index contributed by atoms with van der Waals surface area (Å²) in [7, 11) is 0. The molecular formula is C13H24O2. The van der Waals surface area contributed by atoms with Crippen molar-refractivity contribution in [1.82, 2.24) is 0 Å². The van der Waals surface area contributed by atoms with Crippen LogP contribution in [-0.4, -0.2) is 12.6 Å². The van der Waals surface area contributed by atoms with Crippen LogP contribution in [0.3, 0.4) is 0 Å². The van der Waals surface area contributed by atoms with E-state index in [1.807, 2.05) is 6.92 Å². The highest BCUT2D eigenvalue weighted by molar-refractivity contribution is 5.87. The standard InChI is InChI=1S/C13H24O2/c1-6-11(2)12(14)15-10-8-7-9-13(3,4)5/h6H,7-10H2,1-5H3. The summed E-state index contributed by atoms with van der Waals surface area (Å²) in [5.74, 6) is -0.187. The first-order valence-electron chi connectivity index (χ1n) is 5.67. The van der Waals surface area contributed by atoms with Crippen molar-refractivity contribution >= 4 is 5.97 Å². The van der Waals surface area contributed by atoms with Crippen LogP contribution in [0.5, 0.6) is 0 Å². The lowest BCUT2D eigenvalue weighted by Crippen LogP contribution is -2.08. The predicted molar refractivity (Wildman–Crippen MR) is 63.7 cm³/mol. The molecule has 0 spiro atoms. The van der Waals surface area contributed by atoms with Gasteiger partial charge in [0.1, 0.15) is 0 Å². The summed E-state index contributed by atoms with van der Waals surface area (Å²) in [4.78, 5) is 11.2. The largest absolute Gasteiger partial charge is 0.462 e. The van der Waals surface area contributed by atoms with Crippen LogP contribution in [0.25, 0.3) is 0 Å². The molecule has 15 heavy (non-hydrogen) atoms. The second-order valence-electron chi connectivity index (χ2n) is 5.13. The highest BCUT2D eigenvalue weighted by Crippen LogP contribution is 2.21. The van der Waals surface area contributed by atoms with Crippen molar-refractivity contribution in [2.75, 3.05) is 6.61 Å². The molecule has 0 saturated heterocycles. The molecule has 2 heteroatoms. The minimum atomic E-state index is -0.187. The predicted octanol–water partition coefficient (Wildman–Crippen LogP) is 3.71. The first kappa shape index (κ1) is 14.2. The van der Waals surface area contributed by atoms with Gasteiger partial charge in [0.05, 0.1) is 6.61 Å². The molecule has 0 N–H and O–H groups in total. The van der Waals surface area contributed by atoms with Gasteiger partial charge in [-0.25, -0.2) is 4.79 Å². The van der Waals surface area contributed by atoms with Crippen LogP contribution < -0.4 is 0 Å². The first-order valence-corrected chi connectivity index (χ1v) is 5.67. The number of allylic oxidation sites excluding steroid dienone is 1. The number of carbonyl (C=O) groups excluding carboxylic acids is 1. The van der Waals surface area contributed by atoms with Crippen molar-refractivity contribution in [3.8, 4) is 0 Å². The van der Waals surface area contributed by atoms with E-state index in [-0.39, 0.29) is 5.97 Å². The fourth-order valence-electron chi connectivity index (χ4n) is 1.15. The maximum atomic E-state index is 11.2. The lowest BCUT2D eigenvalue weighted by Gasteiger charge is -2.17. The fourth-order valence-corrected chi connectivity index (χ4v) is 1.15. The Hall–Kier alpha value is -0.790. The van der Waals surface area contributed by atoms with Gasteiger partial charge < -0.3 is 4.74 Å². The SMILES string of the molecule is CC=C(C)C(=O)OCCCCC(C)(C)C. The molecule has 0 aromatic carbocycles. The van der Waals surface area contributed by atoms with E-state index in [1.54, 1.807) is 13.0 Å². The molecule has 0 atom stereocenters. The lowest BCUT2D eigenvalue weighted by atomic mass is 9.90. The molecule has 0 aromatic heterocycles. The van der Waals surface area contributed by atoms with E-state index in [0.717, 1.165) is 12.8 Å². The van der Waals surface area contributed by atoms with Crippen LogP contribution in [0.1, 0.15) is 53.9 Å². The molecular weight excluding hydrogens is 188 g/mol. The normalized spacial score (nSPS) is 12.7. The summed E-state index contributed by atoms with van der Waals surface area (Å²) >= 11 is 0. The second kappa shape index (κ2) is 6.65. The van der Waals surface area contributed by atoms with Gasteiger partial charge in [0.25, 0.3) is 0 Å². The highest BCUT2D eigenvalue weighted by atomic mass is 16.5. The number of ether oxygens (including phenoxy) is 1. The average Bonchev–Trinajstić information content (AvgIpc) is 2.14. The number of esters is 1. The molecule has 0 rings (SSSR count). The Morgan fingerprint density at radius 1 is 1.27 bits per heavy atom. The Kier molecular flexibility index (Phi) is 6.30. The summed E-state index contributed by atoms with van der Waals surface area (Å²) in [6.45, 7) is 10.8. The topological polar surface area (TPSA) is 26.3 Å². The van der Waals surface area contributed by atoms with E-state index in [9.17, 15) is 4.79 Å². The molecule has 0 unspecified atom stereocenters. The van der Waals surface area contributed by atoms with Crippen molar-refractivity contribution in [2.45, 2.75) is 53.9 Å². The van der Waals surface area contributed by atoms with E-state index >= 15 is 0 Å². The maximum Gasteiger partial charge on any atom is 0.333 e. The molecule has 0 aliphatic heterocycles. The number of rotatable bonds is 5. The Morgan fingerprint density at radius 3 is 2.33 bits per heavy atom. The van der Waals surface area contributed by atoms with Crippen LogP contribution in [0, 0.1) is 5.41 Å². The van der Waals surface area contributed by atoms with E-state index in [2.05, 4.69) is 20.8 Å². The van der Waals surface area contributed by atoms with Crippen LogP contribution in [-0.2, 0) is 9.53 Å². The van der Waals surface area contributed by atoms with Crippen LogP contribution in [0.2, 0.25) is 0 Å². The third kappa shape index (κ3) is 8.22. The van der Waals surface area contributed by atoms with E-state index in [1.165, 1.54) is 6.42 Å². The number of hydrogen-bond acceptors (Lipinski definition) is 2. The monoisotopic (exact) mass is 212 g/mol. The Balaban J connectivity index is 3.52. The van der Waals surface area contributed by atoms with Gasteiger partial charge in [-0.05, 0) is 38.5 Å². The molecule has 0 aliphatic carbocycles. The Morgan fingerprint density at radius 2 is 1.87 bits per heavy atom. The third-order valence-corrected chi connectivity index (χ3v) is 2.31. The van der Waals surface area contributed by atoms with Crippen LogP contribution in [0.4, 0.5) is 0 Å². The van der Waals surface area contributed by atoms with Crippen molar-refractivity contribution in [3.05, 3.63) is 11.6 Å². The molecule has 0 radical (unpaired) electrons. The minimum absolute atomic E-state index is 0.187. The molecule has 0 heterocycles. The fraction of sp³-hybridized carbons (Fsp3) is 0.769. The van der Waals surface area contributed by atoms with Gasteiger partial charge in [0.2, 0.25) is 0 Å². The summed E-state index contributed by atoms with van der Waals surface area (Å²) in [6.07, 6.45) is 5.02. The van der Waals surface area contributed by atoms with Gasteiger partial charge >= 0.3 is 5.97 Å². The summed E-state index contributed by atoms with van der Waals surface area (Å²) < 4.78 is 5.10. The highest BCUT2D eigenvalue weighted by Gasteiger charge is 2.09. The molecule has 0 amide bonds. The Bertz CT molecular complexity index is 221. The maximum absolute atomic E-state index is 11.2. The summed E-state index contributed by atoms with van der Waals surface area (Å²) in [5.41, 5.74) is 1.06. The third-order valence-electron chi connectivity index (χ3n) is 2.31. The minimum Gasteiger partial charge on any atom is -0.462 e. The van der Waals surface area contributed by atoms with Gasteiger partial charge in [0, 0.05) is 5.57 Å². The molecule has 2 nitrogen and oxygen atoms in total. The van der Waals surface area contributed by atoms with Gasteiger partial charge in [-0.3, -0.25) is 0 Å². The van der Waals surface area contributed by atoms with Gasteiger partial charge in [-0.15, -0.1) is 0 Å². The van der Waals surface area contributed by atoms with E-state index in [4.69, 9.17) is 4.74 Å². The summed E-state index contributed by atoms with van der Waals surface area (Å²) in [5, 5.41) is 0. The zero-order valence-electron chi connectivity index (χ0n) is 10.7. The molecule has 88 valence electrons. The van der Waals surface area contributed by atoms with E-state index in [0.29, 0.717) is 17.6 Å². The van der Waals surface area contributed by atoms with E-state index < -0.39 is 0 Å². The van der Waals surface area contributed by atoms with Gasteiger partial charge in [-0.1, -0.05) is 26.8 Å². The average molecular weight is 212 g/mol. The zero-order valence-corrected chi connectivity index (χ0v) is 10.7. The van der Waals surface area contributed by atoms with Crippen molar-refractivity contribution < 1.29 is 9.53 Å². The quantitative estimate of drug-likeness (QED) is 0.394. The zero-order chi connectivity index (χ0) is 11.9. The lowest BCUT2D eigenvalue weighted by molar-refractivity contribution is -0.139. The second-order valence-corrected chi connectivity index (χ2v) is 5.13. The number of carbonyl (C=O) groups is 1. The van der Waals surface area contributed by atoms with Crippen molar-refractivity contribution in [3.63, 3.8) is 0 Å². The van der Waals surface area contributed by atoms with Crippen molar-refractivity contribution in [1.29, 1.82) is 0 Å². The molecule has 0 aromatic rings. The van der Waals surface area contributed by atoms with Gasteiger partial charge in [-0.2, -0.15) is 0 Å².